The van der Waals surface area contributed by atoms with Gasteiger partial charge in [-0.25, -0.2) is 4.79 Å². The number of rotatable bonds is 8. The number of aryl methyl sites for hydroxylation is 2. The fraction of sp³-hybridized carbons (Fsp3) is 0.364. The second kappa shape index (κ2) is 9.78. The Balaban J connectivity index is 1.85. The third kappa shape index (κ3) is 6.01. The highest BCUT2D eigenvalue weighted by atomic mass is 16.6. The molecule has 1 N–H and O–H groups in total. The third-order valence-corrected chi connectivity index (χ3v) is 4.22. The standard InChI is InChI=1S/C22H27NO5/c1-14(2)17-8-7-16(4)20(11-17)27-13-22(25)28-12-21(24)23-18-10-15(3)6-9-19(18)26-5/h6-11,14H,12-13H2,1-5H3,(H,23,24). The molecule has 0 radical (unpaired) electrons. The van der Waals surface area contributed by atoms with Crippen molar-refractivity contribution in [2.45, 2.75) is 33.6 Å². The predicted octanol–water partition coefficient (Wildman–Crippen LogP) is 4.00. The molecule has 0 aromatic heterocycles. The zero-order valence-corrected chi connectivity index (χ0v) is 17.0. The largest absolute Gasteiger partial charge is 0.495 e. The molecule has 150 valence electrons. The van der Waals surface area contributed by atoms with Crippen molar-refractivity contribution in [3.05, 3.63) is 53.1 Å². The van der Waals surface area contributed by atoms with E-state index in [1.807, 2.05) is 38.1 Å². The van der Waals surface area contributed by atoms with E-state index in [0.29, 0.717) is 23.1 Å². The number of carbonyl (C=O) groups excluding carboxylic acids is 2. The lowest BCUT2D eigenvalue weighted by Crippen LogP contribution is -2.24. The van der Waals surface area contributed by atoms with Crippen LogP contribution in [0.3, 0.4) is 0 Å². The molecule has 28 heavy (non-hydrogen) atoms. The number of benzene rings is 2. The molecule has 2 aromatic rings. The summed E-state index contributed by atoms with van der Waals surface area (Å²) in [6.45, 7) is 7.33. The van der Waals surface area contributed by atoms with Gasteiger partial charge in [-0.3, -0.25) is 4.79 Å². The molecule has 0 aliphatic rings. The fourth-order valence-electron chi connectivity index (χ4n) is 2.56. The van der Waals surface area contributed by atoms with Gasteiger partial charge in [0.1, 0.15) is 11.5 Å². The van der Waals surface area contributed by atoms with Crippen LogP contribution in [0.25, 0.3) is 0 Å². The van der Waals surface area contributed by atoms with Crippen molar-refractivity contribution in [3.8, 4) is 11.5 Å². The van der Waals surface area contributed by atoms with Crippen molar-refractivity contribution < 1.29 is 23.8 Å². The molecular formula is C22H27NO5. The van der Waals surface area contributed by atoms with Crippen molar-refractivity contribution in [3.63, 3.8) is 0 Å². The van der Waals surface area contributed by atoms with Gasteiger partial charge >= 0.3 is 5.97 Å². The number of amides is 1. The van der Waals surface area contributed by atoms with E-state index in [2.05, 4.69) is 19.2 Å². The van der Waals surface area contributed by atoms with E-state index >= 15 is 0 Å². The van der Waals surface area contributed by atoms with Crippen LogP contribution in [0.5, 0.6) is 11.5 Å². The summed E-state index contributed by atoms with van der Waals surface area (Å²) in [5.41, 5.74) is 3.56. The minimum atomic E-state index is -0.610. The van der Waals surface area contributed by atoms with Crippen molar-refractivity contribution in [1.29, 1.82) is 0 Å². The number of nitrogens with one attached hydrogen (secondary N) is 1. The molecule has 0 spiro atoms. The number of anilines is 1. The zero-order chi connectivity index (χ0) is 20.7. The van der Waals surface area contributed by atoms with Crippen LogP contribution in [0.2, 0.25) is 0 Å². The quantitative estimate of drug-likeness (QED) is 0.696. The topological polar surface area (TPSA) is 73.9 Å². The molecule has 0 fully saturated rings. The van der Waals surface area contributed by atoms with Crippen molar-refractivity contribution in [2.75, 3.05) is 25.6 Å². The minimum absolute atomic E-state index is 0.260. The van der Waals surface area contributed by atoms with Crippen LogP contribution in [0.4, 0.5) is 5.69 Å². The first kappa shape index (κ1) is 21.3. The third-order valence-electron chi connectivity index (χ3n) is 4.22. The molecule has 2 rings (SSSR count). The van der Waals surface area contributed by atoms with Gasteiger partial charge in [-0.1, -0.05) is 32.0 Å². The van der Waals surface area contributed by atoms with Crippen LogP contribution in [-0.2, 0) is 14.3 Å². The van der Waals surface area contributed by atoms with E-state index < -0.39 is 18.5 Å². The maximum atomic E-state index is 12.1. The Bertz CT molecular complexity index is 845. The average molecular weight is 385 g/mol. The summed E-state index contributed by atoms with van der Waals surface area (Å²) in [5, 5.41) is 2.68. The summed E-state index contributed by atoms with van der Waals surface area (Å²) < 4.78 is 15.8. The van der Waals surface area contributed by atoms with Gasteiger partial charge in [0.25, 0.3) is 5.91 Å². The average Bonchev–Trinajstić information content (AvgIpc) is 2.65. The van der Waals surface area contributed by atoms with E-state index in [-0.39, 0.29) is 6.61 Å². The molecule has 0 unspecified atom stereocenters. The first-order chi connectivity index (χ1) is 13.3. The first-order valence-corrected chi connectivity index (χ1v) is 9.13. The van der Waals surface area contributed by atoms with Gasteiger partial charge in [0.15, 0.2) is 13.2 Å². The highest BCUT2D eigenvalue weighted by Crippen LogP contribution is 2.25. The van der Waals surface area contributed by atoms with Gasteiger partial charge in [0, 0.05) is 0 Å². The smallest absolute Gasteiger partial charge is 0.344 e. The van der Waals surface area contributed by atoms with Crippen LogP contribution in [0, 0.1) is 13.8 Å². The van der Waals surface area contributed by atoms with E-state index in [9.17, 15) is 9.59 Å². The Labute approximate surface area is 165 Å². The fourth-order valence-corrected chi connectivity index (χ4v) is 2.56. The Morgan fingerprint density at radius 3 is 2.43 bits per heavy atom. The minimum Gasteiger partial charge on any atom is -0.495 e. The van der Waals surface area contributed by atoms with Crippen molar-refractivity contribution >= 4 is 17.6 Å². The zero-order valence-electron chi connectivity index (χ0n) is 17.0. The Morgan fingerprint density at radius 2 is 1.75 bits per heavy atom. The van der Waals surface area contributed by atoms with Gasteiger partial charge in [-0.05, 0) is 54.7 Å². The molecule has 0 bridgehead atoms. The second-order valence-electron chi connectivity index (χ2n) is 6.88. The lowest BCUT2D eigenvalue weighted by atomic mass is 10.0. The van der Waals surface area contributed by atoms with Crippen molar-refractivity contribution in [1.82, 2.24) is 0 Å². The summed E-state index contributed by atoms with van der Waals surface area (Å²) in [5.74, 6) is 0.472. The monoisotopic (exact) mass is 385 g/mol. The molecular weight excluding hydrogens is 358 g/mol. The van der Waals surface area contributed by atoms with Gasteiger partial charge in [-0.2, -0.15) is 0 Å². The Morgan fingerprint density at radius 1 is 1.00 bits per heavy atom. The van der Waals surface area contributed by atoms with Gasteiger partial charge in [-0.15, -0.1) is 0 Å². The highest BCUT2D eigenvalue weighted by Gasteiger charge is 2.12. The Kier molecular flexibility index (Phi) is 7.44. The van der Waals surface area contributed by atoms with Crippen LogP contribution >= 0.6 is 0 Å². The van der Waals surface area contributed by atoms with Gasteiger partial charge < -0.3 is 19.5 Å². The van der Waals surface area contributed by atoms with Gasteiger partial charge in [0.2, 0.25) is 0 Å². The van der Waals surface area contributed by atoms with Crippen LogP contribution < -0.4 is 14.8 Å². The molecule has 0 heterocycles. The molecule has 6 nitrogen and oxygen atoms in total. The maximum Gasteiger partial charge on any atom is 0.344 e. The molecule has 2 aromatic carbocycles. The first-order valence-electron chi connectivity index (χ1n) is 9.13. The van der Waals surface area contributed by atoms with Crippen LogP contribution in [-0.4, -0.2) is 32.2 Å². The van der Waals surface area contributed by atoms with Gasteiger partial charge in [0.05, 0.1) is 12.8 Å². The number of methoxy groups -OCH3 is 1. The summed E-state index contributed by atoms with van der Waals surface area (Å²) in [6, 6.07) is 11.3. The van der Waals surface area contributed by atoms with E-state index in [1.165, 1.54) is 7.11 Å². The number of esters is 1. The predicted molar refractivity (Wildman–Crippen MR) is 108 cm³/mol. The summed E-state index contributed by atoms with van der Waals surface area (Å²) in [7, 11) is 1.52. The van der Waals surface area contributed by atoms with Crippen LogP contribution in [0.1, 0.15) is 36.5 Å². The Hall–Kier alpha value is -3.02. The lowest BCUT2D eigenvalue weighted by Gasteiger charge is -2.13. The SMILES string of the molecule is COc1ccc(C)cc1NC(=O)COC(=O)COc1cc(C(C)C)ccc1C. The molecule has 6 heteroatoms. The summed E-state index contributed by atoms with van der Waals surface area (Å²) in [4.78, 5) is 24.0. The second-order valence-corrected chi connectivity index (χ2v) is 6.88. The number of carbonyl (C=O) groups is 2. The number of ether oxygens (including phenoxy) is 3. The number of hydrogen-bond donors (Lipinski definition) is 1. The van der Waals surface area contributed by atoms with Crippen LogP contribution in [0.15, 0.2) is 36.4 Å². The highest BCUT2D eigenvalue weighted by molar-refractivity contribution is 5.94. The molecule has 0 saturated carbocycles. The molecule has 0 aliphatic heterocycles. The normalized spacial score (nSPS) is 10.5. The number of hydrogen-bond acceptors (Lipinski definition) is 5. The molecule has 0 saturated heterocycles. The van der Waals surface area contributed by atoms with E-state index in [0.717, 1.165) is 16.7 Å². The molecule has 0 atom stereocenters. The summed E-state index contributed by atoms with van der Waals surface area (Å²) in [6.07, 6.45) is 0. The van der Waals surface area contributed by atoms with E-state index in [4.69, 9.17) is 14.2 Å². The summed E-state index contributed by atoms with van der Waals surface area (Å²) >= 11 is 0. The van der Waals surface area contributed by atoms with E-state index in [1.54, 1.807) is 12.1 Å². The van der Waals surface area contributed by atoms with Crippen molar-refractivity contribution in [2.24, 2.45) is 0 Å². The maximum absolute atomic E-state index is 12.1. The molecule has 0 aliphatic carbocycles. The lowest BCUT2D eigenvalue weighted by molar-refractivity contribution is -0.149. The molecule has 1 amide bonds.